The Labute approximate surface area is 117 Å². The first kappa shape index (κ1) is 16.3. The number of nitrogens with zero attached hydrogens (tertiary/aromatic N) is 1. The summed E-state index contributed by atoms with van der Waals surface area (Å²) in [6, 6.07) is 0. The number of alkyl halides is 3. The highest BCUT2D eigenvalue weighted by Crippen LogP contribution is 2.37. The van der Waals surface area contributed by atoms with E-state index < -0.39 is 6.43 Å². The normalized spacial score (nSPS) is 20.3. The van der Waals surface area contributed by atoms with Crippen LogP contribution in [0.5, 0.6) is 0 Å². The van der Waals surface area contributed by atoms with E-state index in [-0.39, 0.29) is 18.6 Å². The monoisotopic (exact) mass is 327 g/mol. The summed E-state index contributed by atoms with van der Waals surface area (Å²) in [5, 5.41) is 9.86. The van der Waals surface area contributed by atoms with Gasteiger partial charge in [0.15, 0.2) is 0 Å². The smallest absolute Gasteiger partial charge is 0.251 e. The molecule has 0 atom stereocenters. The molecule has 1 rings (SSSR count). The van der Waals surface area contributed by atoms with Crippen LogP contribution < -0.4 is 0 Å². The zero-order valence-electron chi connectivity index (χ0n) is 10.9. The van der Waals surface area contributed by atoms with Crippen LogP contribution in [0.3, 0.4) is 0 Å². The third-order valence-electron chi connectivity index (χ3n) is 3.82. The van der Waals surface area contributed by atoms with Gasteiger partial charge in [0.25, 0.3) is 6.43 Å². The van der Waals surface area contributed by atoms with Crippen molar-refractivity contribution in [1.29, 1.82) is 0 Å². The second-order valence-electron chi connectivity index (χ2n) is 5.40. The zero-order chi connectivity index (χ0) is 13.4. The van der Waals surface area contributed by atoms with Crippen molar-refractivity contribution in [2.75, 3.05) is 31.6 Å². The summed E-state index contributed by atoms with van der Waals surface area (Å²) in [5.74, 6) is 0. The molecule has 2 nitrogen and oxygen atoms in total. The molecule has 0 heterocycles. The number of hydrogen-bond acceptors (Lipinski definition) is 2. The van der Waals surface area contributed by atoms with Crippen LogP contribution in [0.2, 0.25) is 0 Å². The molecule has 18 heavy (non-hydrogen) atoms. The third kappa shape index (κ3) is 5.49. The van der Waals surface area contributed by atoms with Gasteiger partial charge in [0, 0.05) is 18.4 Å². The molecule has 0 aromatic heterocycles. The van der Waals surface area contributed by atoms with Gasteiger partial charge in [0.2, 0.25) is 0 Å². The van der Waals surface area contributed by atoms with E-state index in [1.807, 2.05) is 0 Å². The molecular formula is C13H24BrF2NO. The number of rotatable bonds is 7. The van der Waals surface area contributed by atoms with Crippen LogP contribution >= 0.6 is 15.9 Å². The van der Waals surface area contributed by atoms with E-state index in [1.165, 1.54) is 25.7 Å². The van der Waals surface area contributed by atoms with Crippen molar-refractivity contribution >= 4 is 15.9 Å². The fourth-order valence-corrected chi connectivity index (χ4v) is 3.60. The molecule has 0 aromatic rings. The predicted molar refractivity (Wildman–Crippen MR) is 73.5 cm³/mol. The van der Waals surface area contributed by atoms with E-state index in [4.69, 9.17) is 5.11 Å². The van der Waals surface area contributed by atoms with Crippen molar-refractivity contribution < 1.29 is 13.9 Å². The Balaban J connectivity index is 2.60. The van der Waals surface area contributed by atoms with Crippen LogP contribution in [0.15, 0.2) is 0 Å². The average Bonchev–Trinajstić information content (AvgIpc) is 2.55. The van der Waals surface area contributed by atoms with E-state index in [0.29, 0.717) is 13.1 Å². The largest absolute Gasteiger partial charge is 0.395 e. The molecule has 0 radical (unpaired) electrons. The van der Waals surface area contributed by atoms with Crippen LogP contribution in [0.25, 0.3) is 0 Å². The molecule has 5 heteroatoms. The maximum atomic E-state index is 12.5. The molecule has 0 aromatic carbocycles. The molecule has 1 N–H and O–H groups in total. The standard InChI is InChI=1S/C13H24BrF2NO/c14-10-13(5-3-1-2-4-6-13)11-17(7-8-18)9-12(15)16/h12,18H,1-11H2. The van der Waals surface area contributed by atoms with Gasteiger partial charge in [-0.2, -0.15) is 0 Å². The molecule has 0 amide bonds. The van der Waals surface area contributed by atoms with Gasteiger partial charge >= 0.3 is 0 Å². The van der Waals surface area contributed by atoms with Crippen molar-refractivity contribution in [3.63, 3.8) is 0 Å². The van der Waals surface area contributed by atoms with E-state index in [2.05, 4.69) is 15.9 Å². The maximum Gasteiger partial charge on any atom is 0.251 e. The van der Waals surface area contributed by atoms with Gasteiger partial charge in [-0.15, -0.1) is 0 Å². The van der Waals surface area contributed by atoms with Gasteiger partial charge in [0.05, 0.1) is 13.2 Å². The highest BCUT2D eigenvalue weighted by Gasteiger charge is 2.32. The minimum absolute atomic E-state index is 0.0505. The van der Waals surface area contributed by atoms with Gasteiger partial charge in [-0.05, 0) is 18.3 Å². The fraction of sp³-hybridized carbons (Fsp3) is 1.00. The van der Waals surface area contributed by atoms with Crippen LogP contribution in [0, 0.1) is 5.41 Å². The zero-order valence-corrected chi connectivity index (χ0v) is 12.5. The molecule has 1 saturated carbocycles. The lowest BCUT2D eigenvalue weighted by Crippen LogP contribution is -2.42. The Morgan fingerprint density at radius 1 is 1.17 bits per heavy atom. The number of hydrogen-bond donors (Lipinski definition) is 1. The van der Waals surface area contributed by atoms with E-state index in [9.17, 15) is 8.78 Å². The molecular weight excluding hydrogens is 304 g/mol. The summed E-state index contributed by atoms with van der Waals surface area (Å²) in [6.45, 7) is 0.739. The van der Waals surface area contributed by atoms with E-state index in [1.54, 1.807) is 4.90 Å². The molecule has 108 valence electrons. The summed E-state index contributed by atoms with van der Waals surface area (Å²) >= 11 is 3.57. The summed E-state index contributed by atoms with van der Waals surface area (Å²) in [5.41, 5.74) is 0.112. The topological polar surface area (TPSA) is 23.5 Å². The summed E-state index contributed by atoms with van der Waals surface area (Å²) < 4.78 is 25.1. The van der Waals surface area contributed by atoms with E-state index >= 15 is 0 Å². The Hall–Kier alpha value is 0.260. The Morgan fingerprint density at radius 3 is 2.22 bits per heavy atom. The molecule has 0 unspecified atom stereocenters. The quantitative estimate of drug-likeness (QED) is 0.573. The summed E-state index contributed by atoms with van der Waals surface area (Å²) in [6.07, 6.45) is 4.76. The number of aliphatic hydroxyl groups excluding tert-OH is 1. The average molecular weight is 328 g/mol. The molecule has 1 aliphatic carbocycles. The highest BCUT2D eigenvalue weighted by atomic mass is 79.9. The SMILES string of the molecule is OCCN(CC(F)F)CC1(CBr)CCCCCC1. The van der Waals surface area contributed by atoms with Gasteiger partial charge in [0.1, 0.15) is 0 Å². The van der Waals surface area contributed by atoms with E-state index in [0.717, 1.165) is 18.2 Å². The van der Waals surface area contributed by atoms with Crippen LogP contribution in [-0.2, 0) is 0 Å². The lowest BCUT2D eigenvalue weighted by Gasteiger charge is -2.36. The predicted octanol–water partition coefficient (Wildman–Crippen LogP) is 3.28. The number of aliphatic hydroxyl groups is 1. The molecule has 0 saturated heterocycles. The summed E-state index contributed by atoms with van der Waals surface area (Å²) in [7, 11) is 0. The maximum absolute atomic E-state index is 12.5. The van der Waals surface area contributed by atoms with Crippen LogP contribution in [-0.4, -0.2) is 48.0 Å². The summed E-state index contributed by atoms with van der Waals surface area (Å²) in [4.78, 5) is 1.72. The first-order chi connectivity index (χ1) is 8.62. The third-order valence-corrected chi connectivity index (χ3v) is 5.01. The molecule has 1 aliphatic rings. The van der Waals surface area contributed by atoms with Crippen molar-refractivity contribution in [2.24, 2.45) is 5.41 Å². The van der Waals surface area contributed by atoms with Crippen molar-refractivity contribution in [2.45, 2.75) is 45.0 Å². The lowest BCUT2D eigenvalue weighted by atomic mass is 9.82. The first-order valence-electron chi connectivity index (χ1n) is 6.79. The van der Waals surface area contributed by atoms with Gasteiger partial charge in [-0.3, -0.25) is 4.90 Å². The second-order valence-corrected chi connectivity index (χ2v) is 5.96. The second kappa shape index (κ2) is 8.43. The van der Waals surface area contributed by atoms with Crippen molar-refractivity contribution in [1.82, 2.24) is 4.90 Å². The van der Waals surface area contributed by atoms with Gasteiger partial charge in [-0.25, -0.2) is 8.78 Å². The first-order valence-corrected chi connectivity index (χ1v) is 7.91. The molecule has 0 bridgehead atoms. The molecule has 0 aliphatic heterocycles. The van der Waals surface area contributed by atoms with Crippen LogP contribution in [0.1, 0.15) is 38.5 Å². The van der Waals surface area contributed by atoms with Crippen molar-refractivity contribution in [3.05, 3.63) is 0 Å². The van der Waals surface area contributed by atoms with Gasteiger partial charge < -0.3 is 5.11 Å². The Morgan fingerprint density at radius 2 is 1.78 bits per heavy atom. The Kier molecular flexibility index (Phi) is 7.64. The highest BCUT2D eigenvalue weighted by molar-refractivity contribution is 9.09. The minimum Gasteiger partial charge on any atom is -0.395 e. The van der Waals surface area contributed by atoms with Gasteiger partial charge in [-0.1, -0.05) is 41.6 Å². The fourth-order valence-electron chi connectivity index (χ4n) is 2.86. The molecule has 1 fully saturated rings. The van der Waals surface area contributed by atoms with Crippen molar-refractivity contribution in [3.8, 4) is 0 Å². The minimum atomic E-state index is -2.32. The molecule has 0 spiro atoms. The van der Waals surface area contributed by atoms with Crippen LogP contribution in [0.4, 0.5) is 8.78 Å². The number of halogens is 3. The lowest BCUT2D eigenvalue weighted by molar-refractivity contribution is 0.0520. The Bertz CT molecular complexity index is 221.